The summed E-state index contributed by atoms with van der Waals surface area (Å²) in [7, 11) is 0. The fourth-order valence-electron chi connectivity index (χ4n) is 3.70. The standard InChI is InChI=1S/C23H26N8O3/c24-10-16-9-17(11-27-22(16)30-7-1-2-8-30)21-5-6-25-23(29-21)28-18-3-4-19(26-12-18)13-31(34)20(14-32)15-33/h3-6,9,11-12,20,32-34H,1-2,7-8,13-15H2,(H,25,28,29). The van der Waals surface area contributed by atoms with Crippen molar-refractivity contribution >= 4 is 17.5 Å². The zero-order valence-electron chi connectivity index (χ0n) is 18.5. The quantitative estimate of drug-likeness (QED) is 0.343. The molecule has 4 heterocycles. The van der Waals surface area contributed by atoms with E-state index in [9.17, 15) is 10.5 Å². The molecule has 1 fully saturated rings. The van der Waals surface area contributed by atoms with Gasteiger partial charge in [-0.05, 0) is 37.1 Å². The van der Waals surface area contributed by atoms with Crippen LogP contribution in [0.1, 0.15) is 24.1 Å². The molecule has 1 aliphatic rings. The highest BCUT2D eigenvalue weighted by molar-refractivity contribution is 5.67. The molecule has 0 aromatic carbocycles. The summed E-state index contributed by atoms with van der Waals surface area (Å²) in [5.41, 5.74) is 3.09. The number of rotatable bonds is 9. The van der Waals surface area contributed by atoms with Crippen LogP contribution in [0.2, 0.25) is 0 Å². The molecular weight excluding hydrogens is 436 g/mol. The van der Waals surface area contributed by atoms with E-state index in [2.05, 4.69) is 36.2 Å². The lowest BCUT2D eigenvalue weighted by atomic mass is 10.1. The molecule has 4 N–H and O–H groups in total. The maximum atomic E-state index is 9.93. The number of hydrogen-bond acceptors (Lipinski definition) is 11. The molecule has 0 unspecified atom stereocenters. The van der Waals surface area contributed by atoms with Gasteiger partial charge in [-0.2, -0.15) is 10.3 Å². The van der Waals surface area contributed by atoms with Gasteiger partial charge in [0.15, 0.2) is 0 Å². The molecule has 3 aromatic heterocycles. The number of hydrogen-bond donors (Lipinski definition) is 4. The summed E-state index contributed by atoms with van der Waals surface area (Å²) in [6.07, 6.45) is 7.14. The highest BCUT2D eigenvalue weighted by Crippen LogP contribution is 2.26. The third-order valence-corrected chi connectivity index (χ3v) is 5.59. The van der Waals surface area contributed by atoms with Crippen LogP contribution < -0.4 is 10.2 Å². The topological polar surface area (TPSA) is 155 Å². The van der Waals surface area contributed by atoms with E-state index in [1.807, 2.05) is 0 Å². The van der Waals surface area contributed by atoms with Gasteiger partial charge in [-0.15, -0.1) is 0 Å². The summed E-state index contributed by atoms with van der Waals surface area (Å²) in [6, 6.07) is 8.52. The average Bonchev–Trinajstić information content (AvgIpc) is 3.41. The Bertz CT molecular complexity index is 1140. The van der Waals surface area contributed by atoms with E-state index in [0.29, 0.717) is 34.4 Å². The van der Waals surface area contributed by atoms with E-state index in [1.165, 1.54) is 0 Å². The van der Waals surface area contributed by atoms with E-state index in [-0.39, 0.29) is 19.8 Å². The lowest BCUT2D eigenvalue weighted by molar-refractivity contribution is -0.156. The van der Waals surface area contributed by atoms with Crippen LogP contribution in [-0.2, 0) is 6.54 Å². The molecule has 11 nitrogen and oxygen atoms in total. The van der Waals surface area contributed by atoms with Crippen molar-refractivity contribution < 1.29 is 15.4 Å². The van der Waals surface area contributed by atoms with E-state index in [0.717, 1.165) is 36.6 Å². The van der Waals surface area contributed by atoms with Crippen molar-refractivity contribution in [2.45, 2.75) is 25.4 Å². The van der Waals surface area contributed by atoms with Crippen molar-refractivity contribution in [1.29, 1.82) is 5.26 Å². The fourth-order valence-corrected chi connectivity index (χ4v) is 3.70. The predicted molar refractivity (Wildman–Crippen MR) is 124 cm³/mol. The van der Waals surface area contributed by atoms with Gasteiger partial charge in [-0.1, -0.05) is 0 Å². The van der Waals surface area contributed by atoms with Crippen LogP contribution in [0.4, 0.5) is 17.5 Å². The van der Waals surface area contributed by atoms with Crippen LogP contribution in [0.3, 0.4) is 0 Å². The second-order valence-corrected chi connectivity index (χ2v) is 7.95. The molecule has 1 aliphatic heterocycles. The van der Waals surface area contributed by atoms with Crippen LogP contribution >= 0.6 is 0 Å². The van der Waals surface area contributed by atoms with Crippen LogP contribution in [0.5, 0.6) is 0 Å². The Morgan fingerprint density at radius 3 is 2.56 bits per heavy atom. The lowest BCUT2D eigenvalue weighted by Gasteiger charge is -2.21. The molecule has 0 bridgehead atoms. The third-order valence-electron chi connectivity index (χ3n) is 5.59. The van der Waals surface area contributed by atoms with Crippen molar-refractivity contribution in [3.05, 3.63) is 54.1 Å². The summed E-state index contributed by atoms with van der Waals surface area (Å²) in [6.45, 7) is 1.14. The number of hydroxylamine groups is 2. The van der Waals surface area contributed by atoms with Crippen molar-refractivity contribution in [2.75, 3.05) is 36.5 Å². The molecule has 0 atom stereocenters. The highest BCUT2D eigenvalue weighted by Gasteiger charge is 2.18. The molecule has 176 valence electrons. The zero-order valence-corrected chi connectivity index (χ0v) is 18.5. The van der Waals surface area contributed by atoms with Gasteiger partial charge in [0.1, 0.15) is 11.9 Å². The molecule has 0 spiro atoms. The normalized spacial score (nSPS) is 13.5. The van der Waals surface area contributed by atoms with E-state index < -0.39 is 6.04 Å². The summed E-state index contributed by atoms with van der Waals surface area (Å²) >= 11 is 0. The molecule has 3 aromatic rings. The van der Waals surface area contributed by atoms with E-state index in [1.54, 1.807) is 42.9 Å². The molecule has 34 heavy (non-hydrogen) atoms. The molecule has 4 rings (SSSR count). The second-order valence-electron chi connectivity index (χ2n) is 7.95. The molecule has 0 aliphatic carbocycles. The molecule has 0 radical (unpaired) electrons. The fraction of sp³-hybridized carbons (Fsp3) is 0.348. The molecule has 1 saturated heterocycles. The van der Waals surface area contributed by atoms with Crippen molar-refractivity contribution in [3.8, 4) is 17.3 Å². The zero-order chi connectivity index (χ0) is 23.9. The van der Waals surface area contributed by atoms with Gasteiger partial charge in [0.2, 0.25) is 5.95 Å². The first-order valence-electron chi connectivity index (χ1n) is 11.0. The molecule has 11 heteroatoms. The number of pyridine rings is 2. The largest absolute Gasteiger partial charge is 0.395 e. The number of nitrogens with zero attached hydrogens (tertiary/aromatic N) is 7. The molecular formula is C23H26N8O3. The molecule has 0 amide bonds. The predicted octanol–water partition coefficient (Wildman–Crippen LogP) is 1.69. The van der Waals surface area contributed by atoms with Gasteiger partial charge in [-0.3, -0.25) is 4.98 Å². The van der Waals surface area contributed by atoms with Crippen molar-refractivity contribution in [2.24, 2.45) is 0 Å². The Hall–Kier alpha value is -3.69. The van der Waals surface area contributed by atoms with Crippen LogP contribution in [0.25, 0.3) is 11.3 Å². The molecule has 0 saturated carbocycles. The maximum absolute atomic E-state index is 9.93. The first-order valence-corrected chi connectivity index (χ1v) is 11.0. The van der Waals surface area contributed by atoms with Crippen LogP contribution in [0.15, 0.2) is 42.9 Å². The number of nitriles is 1. The summed E-state index contributed by atoms with van der Waals surface area (Å²) in [4.78, 5) is 19.7. The minimum Gasteiger partial charge on any atom is -0.395 e. The van der Waals surface area contributed by atoms with Gasteiger partial charge in [0, 0.05) is 31.0 Å². The SMILES string of the molecule is N#Cc1cc(-c2ccnc(Nc3ccc(CN(O)C(CO)CO)nc3)n2)cnc1N1CCCC1. The lowest BCUT2D eigenvalue weighted by Crippen LogP contribution is -2.37. The summed E-state index contributed by atoms with van der Waals surface area (Å²) < 4.78 is 0. The Balaban J connectivity index is 1.46. The second kappa shape index (κ2) is 11.0. The van der Waals surface area contributed by atoms with E-state index in [4.69, 9.17) is 10.2 Å². The van der Waals surface area contributed by atoms with Crippen LogP contribution in [0, 0.1) is 11.3 Å². The van der Waals surface area contributed by atoms with Crippen LogP contribution in [-0.4, -0.2) is 72.8 Å². The Labute approximate surface area is 197 Å². The Morgan fingerprint density at radius 1 is 1.09 bits per heavy atom. The van der Waals surface area contributed by atoms with Gasteiger partial charge < -0.3 is 25.6 Å². The Kier molecular flexibility index (Phi) is 7.56. The summed E-state index contributed by atoms with van der Waals surface area (Å²) in [5, 5.41) is 41.8. The first kappa shape index (κ1) is 23.5. The minimum atomic E-state index is -0.767. The van der Waals surface area contributed by atoms with Gasteiger partial charge in [0.25, 0.3) is 0 Å². The van der Waals surface area contributed by atoms with Gasteiger partial charge in [0.05, 0.1) is 54.6 Å². The Morgan fingerprint density at radius 2 is 1.88 bits per heavy atom. The number of nitrogens with one attached hydrogen (secondary N) is 1. The summed E-state index contributed by atoms with van der Waals surface area (Å²) in [5.74, 6) is 1.08. The smallest absolute Gasteiger partial charge is 0.227 e. The van der Waals surface area contributed by atoms with Crippen molar-refractivity contribution in [3.63, 3.8) is 0 Å². The third kappa shape index (κ3) is 5.44. The van der Waals surface area contributed by atoms with Gasteiger partial charge >= 0.3 is 0 Å². The van der Waals surface area contributed by atoms with Crippen molar-refractivity contribution in [1.82, 2.24) is 25.0 Å². The first-order chi connectivity index (χ1) is 16.6. The average molecular weight is 463 g/mol. The van der Waals surface area contributed by atoms with E-state index >= 15 is 0 Å². The maximum Gasteiger partial charge on any atom is 0.227 e. The number of aliphatic hydroxyl groups excluding tert-OH is 2. The minimum absolute atomic E-state index is 0.0553. The number of aromatic nitrogens is 4. The number of aliphatic hydroxyl groups is 2. The van der Waals surface area contributed by atoms with Gasteiger partial charge in [-0.25, -0.2) is 15.0 Å². The highest BCUT2D eigenvalue weighted by atomic mass is 16.5. The number of anilines is 3. The monoisotopic (exact) mass is 462 g/mol.